The molecule has 126 valence electrons. The van der Waals surface area contributed by atoms with Gasteiger partial charge in [-0.2, -0.15) is 5.10 Å². The molecule has 0 aliphatic carbocycles. The lowest BCUT2D eigenvalue weighted by Crippen LogP contribution is -2.26. The topological polar surface area (TPSA) is 69.5 Å². The van der Waals surface area contributed by atoms with E-state index in [0.29, 0.717) is 23.7 Å². The average Bonchev–Trinajstić information content (AvgIpc) is 3.32. The summed E-state index contributed by atoms with van der Waals surface area (Å²) >= 11 is 0. The molecule has 1 aliphatic heterocycles. The van der Waals surface area contributed by atoms with Crippen molar-refractivity contribution in [3.8, 4) is 17.3 Å². The zero-order valence-corrected chi connectivity index (χ0v) is 13.6. The Balaban J connectivity index is 1.46. The smallest absolute Gasteiger partial charge is 0.255 e. The summed E-state index contributed by atoms with van der Waals surface area (Å²) in [5.41, 5.74) is 1.50. The maximum atomic E-state index is 12.6. The summed E-state index contributed by atoms with van der Waals surface area (Å²) < 4.78 is 12.3. The van der Waals surface area contributed by atoms with Crippen LogP contribution in [-0.4, -0.2) is 39.4 Å². The van der Waals surface area contributed by atoms with Crippen LogP contribution in [0.3, 0.4) is 0 Å². The minimum atomic E-state index is -0.0998. The summed E-state index contributed by atoms with van der Waals surface area (Å²) in [7, 11) is 1.76. The number of hydrogen-bond donors (Lipinski definition) is 0. The number of ether oxygens (including phenoxy) is 2. The number of pyridine rings is 1. The molecule has 7 nitrogen and oxygen atoms in total. The summed E-state index contributed by atoms with van der Waals surface area (Å²) in [6, 6.07) is 11.0. The fourth-order valence-electron chi connectivity index (χ4n) is 2.66. The molecule has 0 unspecified atom stereocenters. The summed E-state index contributed by atoms with van der Waals surface area (Å²) in [5, 5.41) is 4.12. The van der Waals surface area contributed by atoms with Crippen LogP contribution in [-0.2, 0) is 6.54 Å². The largest absolute Gasteiger partial charge is 0.454 e. The molecular weight excluding hydrogens is 320 g/mol. The van der Waals surface area contributed by atoms with Gasteiger partial charge in [0.05, 0.1) is 5.56 Å². The molecule has 0 fully saturated rings. The molecule has 1 aliphatic rings. The monoisotopic (exact) mass is 336 g/mol. The number of carbonyl (C=O) groups is 1. The van der Waals surface area contributed by atoms with E-state index in [2.05, 4.69) is 10.1 Å². The number of benzene rings is 1. The van der Waals surface area contributed by atoms with Crippen LogP contribution in [0, 0.1) is 0 Å². The van der Waals surface area contributed by atoms with Crippen molar-refractivity contribution in [1.29, 1.82) is 0 Å². The van der Waals surface area contributed by atoms with Gasteiger partial charge in [-0.25, -0.2) is 9.67 Å². The van der Waals surface area contributed by atoms with Crippen LogP contribution in [0.5, 0.6) is 11.5 Å². The Morgan fingerprint density at radius 3 is 2.88 bits per heavy atom. The van der Waals surface area contributed by atoms with Crippen molar-refractivity contribution in [1.82, 2.24) is 19.7 Å². The molecule has 7 heteroatoms. The van der Waals surface area contributed by atoms with Gasteiger partial charge in [-0.15, -0.1) is 0 Å². The van der Waals surface area contributed by atoms with Crippen molar-refractivity contribution < 1.29 is 14.3 Å². The minimum Gasteiger partial charge on any atom is -0.454 e. The van der Waals surface area contributed by atoms with E-state index >= 15 is 0 Å². The van der Waals surface area contributed by atoms with E-state index < -0.39 is 0 Å². The molecule has 0 atom stereocenters. The van der Waals surface area contributed by atoms with Gasteiger partial charge in [0.25, 0.3) is 5.91 Å². The molecule has 0 radical (unpaired) electrons. The van der Waals surface area contributed by atoms with E-state index in [-0.39, 0.29) is 12.7 Å². The molecule has 2 aromatic heterocycles. The Labute approximate surface area is 144 Å². The maximum absolute atomic E-state index is 12.6. The SMILES string of the molecule is CN(Cc1ccc2c(c1)OCO2)C(=O)c1ccc(-n2cccn2)nc1. The highest BCUT2D eigenvalue weighted by Crippen LogP contribution is 2.32. The second-order valence-corrected chi connectivity index (χ2v) is 5.70. The van der Waals surface area contributed by atoms with Gasteiger partial charge >= 0.3 is 0 Å². The number of hydrogen-bond acceptors (Lipinski definition) is 5. The molecule has 1 amide bonds. The zero-order valence-electron chi connectivity index (χ0n) is 13.6. The number of aromatic nitrogens is 3. The highest BCUT2D eigenvalue weighted by atomic mass is 16.7. The summed E-state index contributed by atoms with van der Waals surface area (Å²) in [4.78, 5) is 18.5. The maximum Gasteiger partial charge on any atom is 0.255 e. The van der Waals surface area contributed by atoms with Crippen molar-refractivity contribution in [2.24, 2.45) is 0 Å². The molecule has 4 rings (SSSR count). The minimum absolute atomic E-state index is 0.0998. The molecule has 0 N–H and O–H groups in total. The Morgan fingerprint density at radius 2 is 2.12 bits per heavy atom. The summed E-state index contributed by atoms with van der Waals surface area (Å²) in [6.07, 6.45) is 5.05. The van der Waals surface area contributed by atoms with E-state index in [4.69, 9.17) is 9.47 Å². The molecule has 25 heavy (non-hydrogen) atoms. The number of fused-ring (bicyclic) bond motifs is 1. The van der Waals surface area contributed by atoms with E-state index in [1.165, 1.54) is 0 Å². The van der Waals surface area contributed by atoms with Gasteiger partial charge in [0.2, 0.25) is 6.79 Å². The first-order valence-corrected chi connectivity index (χ1v) is 7.81. The van der Waals surface area contributed by atoms with Crippen LogP contribution in [0.4, 0.5) is 0 Å². The van der Waals surface area contributed by atoms with Gasteiger partial charge < -0.3 is 14.4 Å². The lowest BCUT2D eigenvalue weighted by atomic mass is 10.1. The Morgan fingerprint density at radius 1 is 1.24 bits per heavy atom. The molecule has 0 bridgehead atoms. The molecule has 0 saturated heterocycles. The number of rotatable bonds is 4. The fraction of sp³-hybridized carbons (Fsp3) is 0.167. The van der Waals surface area contributed by atoms with Gasteiger partial charge in [-0.05, 0) is 35.9 Å². The van der Waals surface area contributed by atoms with Crippen LogP contribution in [0.2, 0.25) is 0 Å². The number of nitrogens with zero attached hydrogens (tertiary/aromatic N) is 4. The first kappa shape index (κ1) is 15.2. The Kier molecular flexibility index (Phi) is 3.81. The average molecular weight is 336 g/mol. The molecule has 0 spiro atoms. The lowest BCUT2D eigenvalue weighted by Gasteiger charge is -2.17. The predicted octanol–water partition coefficient (Wildman–Crippen LogP) is 2.27. The van der Waals surface area contributed by atoms with Crippen molar-refractivity contribution >= 4 is 5.91 Å². The third-order valence-electron chi connectivity index (χ3n) is 3.94. The van der Waals surface area contributed by atoms with E-state index in [9.17, 15) is 4.79 Å². The van der Waals surface area contributed by atoms with Crippen LogP contribution in [0.25, 0.3) is 5.82 Å². The van der Waals surface area contributed by atoms with Gasteiger partial charge in [0, 0.05) is 32.2 Å². The van der Waals surface area contributed by atoms with Gasteiger partial charge in [-0.1, -0.05) is 6.07 Å². The molecule has 3 heterocycles. The molecular formula is C18H16N4O3. The lowest BCUT2D eigenvalue weighted by molar-refractivity contribution is 0.0784. The normalized spacial score (nSPS) is 12.2. The molecule has 0 saturated carbocycles. The molecule has 3 aromatic rings. The fourth-order valence-corrected chi connectivity index (χ4v) is 2.66. The van der Waals surface area contributed by atoms with Gasteiger partial charge in [-0.3, -0.25) is 4.79 Å². The van der Waals surface area contributed by atoms with Gasteiger partial charge in [0.1, 0.15) is 0 Å². The standard InChI is InChI=1S/C18H16N4O3/c1-21(11-13-3-5-15-16(9-13)25-12-24-15)18(23)14-4-6-17(19-10-14)22-8-2-7-20-22/h2-10H,11-12H2,1H3. The van der Waals surface area contributed by atoms with Crippen molar-refractivity contribution in [2.75, 3.05) is 13.8 Å². The van der Waals surface area contributed by atoms with Crippen molar-refractivity contribution in [3.63, 3.8) is 0 Å². The summed E-state index contributed by atoms with van der Waals surface area (Å²) in [5.74, 6) is 2.01. The van der Waals surface area contributed by atoms with E-state index in [1.54, 1.807) is 47.4 Å². The Hall–Kier alpha value is -3.35. The first-order valence-electron chi connectivity index (χ1n) is 7.81. The van der Waals surface area contributed by atoms with Crippen LogP contribution in [0.15, 0.2) is 55.0 Å². The zero-order chi connectivity index (χ0) is 17.2. The van der Waals surface area contributed by atoms with Crippen LogP contribution in [0.1, 0.15) is 15.9 Å². The van der Waals surface area contributed by atoms with Gasteiger partial charge in [0.15, 0.2) is 17.3 Å². The Bertz CT molecular complexity index is 891. The third kappa shape index (κ3) is 3.03. The third-order valence-corrected chi connectivity index (χ3v) is 3.94. The van der Waals surface area contributed by atoms with E-state index in [1.807, 2.05) is 24.3 Å². The number of amides is 1. The van der Waals surface area contributed by atoms with Crippen molar-refractivity contribution in [2.45, 2.75) is 6.54 Å². The first-order chi connectivity index (χ1) is 12.2. The highest BCUT2D eigenvalue weighted by molar-refractivity contribution is 5.93. The quantitative estimate of drug-likeness (QED) is 0.731. The van der Waals surface area contributed by atoms with Crippen molar-refractivity contribution in [3.05, 3.63) is 66.1 Å². The number of carbonyl (C=O) groups excluding carboxylic acids is 1. The van der Waals surface area contributed by atoms with Crippen LogP contribution >= 0.6 is 0 Å². The second kappa shape index (κ2) is 6.27. The molecule has 1 aromatic carbocycles. The van der Waals surface area contributed by atoms with Crippen LogP contribution < -0.4 is 9.47 Å². The summed E-state index contributed by atoms with van der Waals surface area (Å²) in [6.45, 7) is 0.707. The predicted molar refractivity (Wildman–Crippen MR) is 89.7 cm³/mol. The highest BCUT2D eigenvalue weighted by Gasteiger charge is 2.16. The second-order valence-electron chi connectivity index (χ2n) is 5.70. The van der Waals surface area contributed by atoms with E-state index in [0.717, 1.165) is 11.3 Å².